The van der Waals surface area contributed by atoms with Crippen LogP contribution in [0.3, 0.4) is 0 Å². The number of nitrogens with zero attached hydrogens (tertiary/aromatic N) is 1. The number of hydrogen-bond acceptors (Lipinski definition) is 4. The van der Waals surface area contributed by atoms with Crippen molar-refractivity contribution in [2.45, 2.75) is 12.5 Å². The Labute approximate surface area is 134 Å². The molecule has 1 N–H and O–H groups in total. The van der Waals surface area contributed by atoms with E-state index in [2.05, 4.69) is 5.32 Å². The van der Waals surface area contributed by atoms with Crippen molar-refractivity contribution in [1.82, 2.24) is 10.2 Å². The molecule has 0 aromatic heterocycles. The Morgan fingerprint density at radius 2 is 2.17 bits per heavy atom. The minimum Gasteiger partial charge on any atom is -0.383 e. The van der Waals surface area contributed by atoms with Gasteiger partial charge in [-0.2, -0.15) is 0 Å². The van der Waals surface area contributed by atoms with E-state index in [1.54, 1.807) is 24.1 Å². The van der Waals surface area contributed by atoms with Gasteiger partial charge in [-0.05, 0) is 17.7 Å². The first-order valence-electron chi connectivity index (χ1n) is 7.48. The van der Waals surface area contributed by atoms with Gasteiger partial charge in [-0.15, -0.1) is 0 Å². The molecule has 7 heteroatoms. The van der Waals surface area contributed by atoms with Crippen molar-refractivity contribution in [3.05, 3.63) is 35.6 Å². The topological polar surface area (TPSA) is 67.9 Å². The molecule has 6 nitrogen and oxygen atoms in total. The summed E-state index contributed by atoms with van der Waals surface area (Å²) in [5, 5.41) is 2.78. The lowest BCUT2D eigenvalue weighted by Gasteiger charge is -2.32. The van der Waals surface area contributed by atoms with E-state index in [4.69, 9.17) is 9.47 Å². The van der Waals surface area contributed by atoms with Crippen LogP contribution in [-0.2, 0) is 25.5 Å². The molecule has 1 aliphatic rings. The fraction of sp³-hybridized carbons (Fsp3) is 0.500. The van der Waals surface area contributed by atoms with Gasteiger partial charge in [0.15, 0.2) is 0 Å². The maximum atomic E-state index is 12.8. The highest BCUT2D eigenvalue weighted by Crippen LogP contribution is 2.07. The van der Waals surface area contributed by atoms with Crippen LogP contribution in [0.15, 0.2) is 24.3 Å². The molecular weight excluding hydrogens is 303 g/mol. The lowest BCUT2D eigenvalue weighted by molar-refractivity contribution is -0.149. The van der Waals surface area contributed by atoms with Gasteiger partial charge in [-0.1, -0.05) is 12.1 Å². The van der Waals surface area contributed by atoms with Crippen molar-refractivity contribution >= 4 is 11.8 Å². The van der Waals surface area contributed by atoms with Crippen LogP contribution in [0.2, 0.25) is 0 Å². The van der Waals surface area contributed by atoms with Crippen molar-refractivity contribution in [3.63, 3.8) is 0 Å². The molecule has 0 radical (unpaired) electrons. The number of benzene rings is 1. The summed E-state index contributed by atoms with van der Waals surface area (Å²) in [5.74, 6) is -0.568. The Balaban J connectivity index is 1.75. The number of carbonyl (C=O) groups excluding carboxylic acids is 2. The highest BCUT2D eigenvalue weighted by Gasteiger charge is 2.26. The Bertz CT molecular complexity index is 535. The largest absolute Gasteiger partial charge is 0.383 e. The molecule has 1 aromatic carbocycles. The molecule has 1 saturated heterocycles. The number of methoxy groups -OCH3 is 1. The number of nitrogens with one attached hydrogen (secondary N) is 1. The second-order valence-electron chi connectivity index (χ2n) is 5.37. The highest BCUT2D eigenvalue weighted by molar-refractivity contribution is 5.79. The molecule has 0 bridgehead atoms. The molecule has 1 fully saturated rings. The lowest BCUT2D eigenvalue weighted by atomic mass is 10.1. The quantitative estimate of drug-likeness (QED) is 0.786. The maximum Gasteiger partial charge on any atom is 0.248 e. The van der Waals surface area contributed by atoms with Crippen LogP contribution in [-0.4, -0.2) is 62.8 Å². The van der Waals surface area contributed by atoms with Crippen molar-refractivity contribution < 1.29 is 23.5 Å². The van der Waals surface area contributed by atoms with E-state index in [-0.39, 0.29) is 36.8 Å². The molecule has 2 amide bonds. The molecule has 1 heterocycles. The monoisotopic (exact) mass is 324 g/mol. The van der Waals surface area contributed by atoms with Gasteiger partial charge in [-0.25, -0.2) is 4.39 Å². The van der Waals surface area contributed by atoms with E-state index in [0.717, 1.165) is 5.56 Å². The maximum absolute atomic E-state index is 12.8. The first kappa shape index (κ1) is 17.4. The Morgan fingerprint density at radius 3 is 2.87 bits per heavy atom. The van der Waals surface area contributed by atoms with Gasteiger partial charge >= 0.3 is 0 Å². The van der Waals surface area contributed by atoms with Gasteiger partial charge in [0, 0.05) is 26.7 Å². The van der Waals surface area contributed by atoms with Crippen LogP contribution in [0.5, 0.6) is 0 Å². The van der Waals surface area contributed by atoms with Crippen molar-refractivity contribution in [1.29, 1.82) is 0 Å². The zero-order valence-corrected chi connectivity index (χ0v) is 13.1. The van der Waals surface area contributed by atoms with Gasteiger partial charge in [0.1, 0.15) is 12.4 Å². The normalized spacial score (nSPS) is 18.1. The Hall–Kier alpha value is -1.99. The van der Waals surface area contributed by atoms with Gasteiger partial charge in [0.05, 0.1) is 19.1 Å². The van der Waals surface area contributed by atoms with E-state index in [9.17, 15) is 14.0 Å². The van der Waals surface area contributed by atoms with E-state index in [1.807, 2.05) is 0 Å². The van der Waals surface area contributed by atoms with Gasteiger partial charge in [-0.3, -0.25) is 9.59 Å². The molecule has 0 spiro atoms. The van der Waals surface area contributed by atoms with Crippen LogP contribution in [0, 0.1) is 5.82 Å². The smallest absolute Gasteiger partial charge is 0.248 e. The average molecular weight is 324 g/mol. The third-order valence-electron chi connectivity index (χ3n) is 3.59. The third kappa shape index (κ3) is 5.61. The zero-order chi connectivity index (χ0) is 16.7. The van der Waals surface area contributed by atoms with E-state index < -0.39 is 0 Å². The van der Waals surface area contributed by atoms with E-state index in [1.165, 1.54) is 12.1 Å². The number of carbonyl (C=O) groups is 2. The van der Waals surface area contributed by atoms with Crippen LogP contribution in [0.4, 0.5) is 4.39 Å². The molecule has 1 atom stereocenters. The number of rotatable bonds is 7. The summed E-state index contributed by atoms with van der Waals surface area (Å²) in [6, 6.07) is 5.81. The Morgan fingerprint density at radius 1 is 1.43 bits per heavy atom. The van der Waals surface area contributed by atoms with Crippen LogP contribution in [0.25, 0.3) is 0 Å². The minimum atomic E-state index is -0.328. The standard InChI is InChI=1S/C16H21FN2O4/c1-22-7-6-19-10-14(23-11-16(19)21)9-18-15(20)8-12-2-4-13(17)5-3-12/h2-5,14H,6-11H2,1H3,(H,18,20). The third-order valence-corrected chi connectivity index (χ3v) is 3.59. The van der Waals surface area contributed by atoms with Crippen LogP contribution in [0.1, 0.15) is 5.56 Å². The van der Waals surface area contributed by atoms with Crippen molar-refractivity contribution in [2.75, 3.05) is 40.0 Å². The summed E-state index contributed by atoms with van der Waals surface area (Å²) in [7, 11) is 1.58. The lowest BCUT2D eigenvalue weighted by Crippen LogP contribution is -2.51. The van der Waals surface area contributed by atoms with Gasteiger partial charge in [0.2, 0.25) is 11.8 Å². The molecule has 0 aliphatic carbocycles. The van der Waals surface area contributed by atoms with Crippen molar-refractivity contribution in [3.8, 4) is 0 Å². The number of halogens is 1. The predicted octanol–water partition coefficient (Wildman–Crippen LogP) is 0.358. The second kappa shape index (κ2) is 8.59. The number of amides is 2. The predicted molar refractivity (Wildman–Crippen MR) is 81.3 cm³/mol. The molecular formula is C16H21FN2O4. The molecule has 1 aliphatic heterocycles. The highest BCUT2D eigenvalue weighted by atomic mass is 19.1. The first-order chi connectivity index (χ1) is 11.1. The van der Waals surface area contributed by atoms with Gasteiger partial charge < -0.3 is 19.7 Å². The fourth-order valence-electron chi connectivity index (χ4n) is 2.30. The molecule has 0 saturated carbocycles. The zero-order valence-electron chi connectivity index (χ0n) is 13.1. The summed E-state index contributed by atoms with van der Waals surface area (Å²) >= 11 is 0. The molecule has 126 valence electrons. The molecule has 23 heavy (non-hydrogen) atoms. The summed E-state index contributed by atoms with van der Waals surface area (Å²) in [4.78, 5) is 25.2. The average Bonchev–Trinajstić information content (AvgIpc) is 2.55. The molecule has 1 unspecified atom stereocenters. The molecule has 2 rings (SSSR count). The van der Waals surface area contributed by atoms with E-state index >= 15 is 0 Å². The number of ether oxygens (including phenoxy) is 2. The van der Waals surface area contributed by atoms with Crippen LogP contribution < -0.4 is 5.32 Å². The number of hydrogen-bond donors (Lipinski definition) is 1. The summed E-state index contributed by atoms with van der Waals surface area (Å²) < 4.78 is 23.2. The number of morpholine rings is 1. The summed E-state index contributed by atoms with van der Waals surface area (Å²) in [6.45, 7) is 1.76. The van der Waals surface area contributed by atoms with Gasteiger partial charge in [0.25, 0.3) is 0 Å². The SMILES string of the molecule is COCCN1CC(CNC(=O)Cc2ccc(F)cc2)OCC1=O. The summed E-state index contributed by atoms with van der Waals surface area (Å²) in [5.41, 5.74) is 0.741. The van der Waals surface area contributed by atoms with Crippen LogP contribution >= 0.6 is 0 Å². The first-order valence-corrected chi connectivity index (χ1v) is 7.48. The van der Waals surface area contributed by atoms with E-state index in [0.29, 0.717) is 26.2 Å². The Kier molecular flexibility index (Phi) is 6.49. The minimum absolute atomic E-state index is 0.0161. The fourth-order valence-corrected chi connectivity index (χ4v) is 2.30. The summed E-state index contributed by atoms with van der Waals surface area (Å²) in [6.07, 6.45) is -0.0546. The second-order valence-corrected chi connectivity index (χ2v) is 5.37. The molecule has 1 aromatic rings. The van der Waals surface area contributed by atoms with Crippen molar-refractivity contribution in [2.24, 2.45) is 0 Å².